The van der Waals surface area contributed by atoms with Gasteiger partial charge in [0.1, 0.15) is 0 Å². The average Bonchev–Trinajstić information content (AvgIpc) is 2.15. The summed E-state index contributed by atoms with van der Waals surface area (Å²) in [4.78, 5) is 0. The van der Waals surface area contributed by atoms with Gasteiger partial charge < -0.3 is 0 Å². The third-order valence-corrected chi connectivity index (χ3v) is 2.84. The van der Waals surface area contributed by atoms with Crippen LogP contribution in [0.3, 0.4) is 0 Å². The normalized spacial score (nSPS) is 13.8. The summed E-state index contributed by atoms with van der Waals surface area (Å²) in [6, 6.07) is 4.99. The minimum Gasteiger partial charge on any atom is -0.271 e. The highest BCUT2D eigenvalue weighted by atomic mass is 79.9. The Balaban J connectivity index is 2.79. The van der Waals surface area contributed by atoms with Gasteiger partial charge in [0.15, 0.2) is 0 Å². The Morgan fingerprint density at radius 3 is 2.47 bits per heavy atom. The second kappa shape index (κ2) is 5.84. The molecule has 3 N–H and O–H groups in total. The van der Waals surface area contributed by atoms with E-state index in [0.717, 1.165) is 15.6 Å². The molecule has 1 atom stereocenters. The zero-order valence-electron chi connectivity index (χ0n) is 9.31. The van der Waals surface area contributed by atoms with E-state index in [-0.39, 0.29) is 6.42 Å². The van der Waals surface area contributed by atoms with E-state index >= 15 is 0 Å². The van der Waals surface area contributed by atoms with Crippen LogP contribution in [0.1, 0.15) is 30.0 Å². The first kappa shape index (κ1) is 14.5. The molecule has 0 bridgehead atoms. The number of hydrogen-bond donors (Lipinski definition) is 2. The topological polar surface area (TPSA) is 38.0 Å². The van der Waals surface area contributed by atoms with Crippen LogP contribution in [0.15, 0.2) is 22.7 Å². The molecule has 1 aromatic rings. The number of hydrogen-bond acceptors (Lipinski definition) is 2. The van der Waals surface area contributed by atoms with Crippen molar-refractivity contribution in [2.75, 3.05) is 0 Å². The highest BCUT2D eigenvalue weighted by Crippen LogP contribution is 2.28. The predicted molar refractivity (Wildman–Crippen MR) is 64.2 cm³/mol. The van der Waals surface area contributed by atoms with Crippen LogP contribution in [0.25, 0.3) is 0 Å². The third-order valence-electron chi connectivity index (χ3n) is 2.38. The lowest BCUT2D eigenvalue weighted by Gasteiger charge is -2.18. The molecule has 0 aliphatic carbocycles. The maximum Gasteiger partial charge on any atom is 0.389 e. The van der Waals surface area contributed by atoms with Gasteiger partial charge in [0.25, 0.3) is 0 Å². The van der Waals surface area contributed by atoms with E-state index in [0.29, 0.717) is 0 Å². The van der Waals surface area contributed by atoms with Crippen LogP contribution < -0.4 is 11.3 Å². The maximum atomic E-state index is 12.1. The Bertz CT molecular complexity index is 359. The largest absolute Gasteiger partial charge is 0.389 e. The van der Waals surface area contributed by atoms with E-state index in [4.69, 9.17) is 5.84 Å². The lowest BCUT2D eigenvalue weighted by molar-refractivity contribution is -0.136. The van der Waals surface area contributed by atoms with Crippen molar-refractivity contribution in [1.29, 1.82) is 0 Å². The van der Waals surface area contributed by atoms with Crippen molar-refractivity contribution < 1.29 is 13.2 Å². The van der Waals surface area contributed by atoms with Crippen LogP contribution in [-0.4, -0.2) is 6.18 Å². The van der Waals surface area contributed by atoms with Gasteiger partial charge in [-0.25, -0.2) is 0 Å². The fourth-order valence-corrected chi connectivity index (χ4v) is 2.25. The quantitative estimate of drug-likeness (QED) is 0.658. The molecule has 0 fully saturated rings. The van der Waals surface area contributed by atoms with E-state index in [2.05, 4.69) is 21.4 Å². The number of halogens is 4. The molecule has 0 amide bonds. The molecule has 0 spiro atoms. The first-order chi connectivity index (χ1) is 7.81. The standard InChI is InChI=1S/C11H14BrF3N2/c1-7-4-8(6-9(12)5-7)10(17-16)2-3-11(13,14)15/h4-6,10,17H,2-3,16H2,1H3. The third kappa shape index (κ3) is 5.06. The van der Waals surface area contributed by atoms with Crippen LogP contribution in [0.5, 0.6) is 0 Å². The molecule has 0 aliphatic heterocycles. The van der Waals surface area contributed by atoms with E-state index < -0.39 is 18.6 Å². The van der Waals surface area contributed by atoms with Crippen LogP contribution >= 0.6 is 15.9 Å². The van der Waals surface area contributed by atoms with Crippen LogP contribution in [-0.2, 0) is 0 Å². The van der Waals surface area contributed by atoms with Gasteiger partial charge in [-0.3, -0.25) is 11.3 Å². The highest BCUT2D eigenvalue weighted by Gasteiger charge is 2.28. The molecule has 96 valence electrons. The Kier molecular flexibility index (Phi) is 4.97. The minimum atomic E-state index is -4.16. The zero-order chi connectivity index (χ0) is 13.1. The number of hydrazine groups is 1. The van der Waals surface area contributed by atoms with Gasteiger partial charge in [-0.1, -0.05) is 22.0 Å². The van der Waals surface area contributed by atoms with Gasteiger partial charge in [-0.15, -0.1) is 0 Å². The van der Waals surface area contributed by atoms with Gasteiger partial charge in [0.05, 0.1) is 0 Å². The number of nitrogens with one attached hydrogen (secondary N) is 1. The Hall–Kier alpha value is -0.590. The summed E-state index contributed by atoms with van der Waals surface area (Å²) < 4.78 is 37.3. The first-order valence-corrected chi connectivity index (χ1v) is 5.91. The Morgan fingerprint density at radius 2 is 2.00 bits per heavy atom. The maximum absolute atomic E-state index is 12.1. The fourth-order valence-electron chi connectivity index (χ4n) is 1.62. The molecule has 2 nitrogen and oxygen atoms in total. The second-order valence-electron chi connectivity index (χ2n) is 3.94. The molecule has 1 rings (SSSR count). The van der Waals surface area contributed by atoms with Crippen LogP contribution in [0.2, 0.25) is 0 Å². The van der Waals surface area contributed by atoms with Crippen molar-refractivity contribution in [2.45, 2.75) is 32.0 Å². The summed E-state index contributed by atoms with van der Waals surface area (Å²) in [7, 11) is 0. The molecule has 1 aromatic carbocycles. The van der Waals surface area contributed by atoms with E-state index in [1.54, 1.807) is 6.07 Å². The molecule has 0 aromatic heterocycles. The first-order valence-electron chi connectivity index (χ1n) is 5.12. The lowest BCUT2D eigenvalue weighted by atomic mass is 10.0. The smallest absolute Gasteiger partial charge is 0.271 e. The van der Waals surface area contributed by atoms with Gasteiger partial charge in [0, 0.05) is 16.9 Å². The van der Waals surface area contributed by atoms with Crippen LogP contribution in [0, 0.1) is 6.92 Å². The van der Waals surface area contributed by atoms with E-state index in [1.807, 2.05) is 19.1 Å². The summed E-state index contributed by atoms with van der Waals surface area (Å²) in [6.07, 6.45) is -5.08. The second-order valence-corrected chi connectivity index (χ2v) is 4.85. The van der Waals surface area contributed by atoms with Crippen molar-refractivity contribution in [3.63, 3.8) is 0 Å². The number of nitrogens with two attached hydrogens (primary N) is 1. The van der Waals surface area contributed by atoms with Gasteiger partial charge in [-0.05, 0) is 36.6 Å². The van der Waals surface area contributed by atoms with Crippen LogP contribution in [0.4, 0.5) is 13.2 Å². The number of benzene rings is 1. The minimum absolute atomic E-state index is 0.0735. The van der Waals surface area contributed by atoms with Crippen molar-refractivity contribution in [1.82, 2.24) is 5.43 Å². The molecule has 6 heteroatoms. The predicted octanol–water partition coefficient (Wildman–Crippen LogP) is 3.60. The SMILES string of the molecule is Cc1cc(Br)cc(C(CCC(F)(F)F)NN)c1. The van der Waals surface area contributed by atoms with Crippen molar-refractivity contribution in [3.8, 4) is 0 Å². The summed E-state index contributed by atoms with van der Waals surface area (Å²) in [5.74, 6) is 5.30. The molecular weight excluding hydrogens is 297 g/mol. The molecular formula is C11H14BrF3N2. The monoisotopic (exact) mass is 310 g/mol. The Labute approximate surface area is 106 Å². The zero-order valence-corrected chi connectivity index (χ0v) is 10.9. The van der Waals surface area contributed by atoms with Crippen molar-refractivity contribution in [2.24, 2.45) is 5.84 Å². The van der Waals surface area contributed by atoms with Crippen molar-refractivity contribution >= 4 is 15.9 Å². The van der Waals surface area contributed by atoms with E-state index in [9.17, 15) is 13.2 Å². The highest BCUT2D eigenvalue weighted by molar-refractivity contribution is 9.10. The molecule has 0 saturated heterocycles. The number of rotatable bonds is 4. The molecule has 0 aliphatic rings. The number of aryl methyl sites for hydroxylation is 1. The summed E-state index contributed by atoms with van der Waals surface area (Å²) >= 11 is 3.31. The molecule has 0 heterocycles. The lowest BCUT2D eigenvalue weighted by Crippen LogP contribution is -2.29. The molecule has 0 radical (unpaired) electrons. The number of alkyl halides is 3. The summed E-state index contributed by atoms with van der Waals surface area (Å²) in [5, 5.41) is 0. The average molecular weight is 311 g/mol. The Morgan fingerprint density at radius 1 is 1.35 bits per heavy atom. The van der Waals surface area contributed by atoms with Gasteiger partial charge in [-0.2, -0.15) is 13.2 Å². The van der Waals surface area contributed by atoms with Crippen molar-refractivity contribution in [3.05, 3.63) is 33.8 Å². The van der Waals surface area contributed by atoms with E-state index in [1.165, 1.54) is 0 Å². The fraction of sp³-hybridized carbons (Fsp3) is 0.455. The van der Waals surface area contributed by atoms with Gasteiger partial charge >= 0.3 is 6.18 Å². The summed E-state index contributed by atoms with van der Waals surface area (Å²) in [5.41, 5.74) is 4.15. The molecule has 0 saturated carbocycles. The summed E-state index contributed by atoms with van der Waals surface area (Å²) in [6.45, 7) is 1.88. The molecule has 17 heavy (non-hydrogen) atoms. The molecule has 1 unspecified atom stereocenters. The van der Waals surface area contributed by atoms with Gasteiger partial charge in [0.2, 0.25) is 0 Å².